The molecule has 0 atom stereocenters. The molecule has 1 fully saturated rings. The van der Waals surface area contributed by atoms with Crippen LogP contribution in [-0.4, -0.2) is 35.5 Å². The van der Waals surface area contributed by atoms with Crippen LogP contribution >= 0.6 is 0 Å². The molecular formula is C16H22N2O. The Hall–Kier alpha value is -1.51. The number of fused-ring (bicyclic) bond motifs is 1. The minimum atomic E-state index is 0.247. The van der Waals surface area contributed by atoms with Gasteiger partial charge in [-0.15, -0.1) is 0 Å². The Morgan fingerprint density at radius 3 is 2.26 bits per heavy atom. The Morgan fingerprint density at radius 1 is 0.842 bits per heavy atom. The SMILES string of the molecule is O=C(N1CCCCCC1)N1CCc2ccccc2C1. The van der Waals surface area contributed by atoms with Crippen molar-refractivity contribution in [1.82, 2.24) is 9.80 Å². The van der Waals surface area contributed by atoms with Crippen LogP contribution in [0.15, 0.2) is 24.3 Å². The van der Waals surface area contributed by atoms with Crippen molar-refractivity contribution < 1.29 is 4.79 Å². The van der Waals surface area contributed by atoms with E-state index >= 15 is 0 Å². The lowest BCUT2D eigenvalue weighted by Crippen LogP contribution is -2.45. The molecule has 1 aromatic rings. The fourth-order valence-electron chi connectivity index (χ4n) is 3.12. The van der Waals surface area contributed by atoms with E-state index in [0.717, 1.165) is 45.4 Å². The van der Waals surface area contributed by atoms with Crippen LogP contribution in [0, 0.1) is 0 Å². The number of carbonyl (C=O) groups excluding carboxylic acids is 1. The molecule has 3 nitrogen and oxygen atoms in total. The smallest absolute Gasteiger partial charge is 0.320 e. The summed E-state index contributed by atoms with van der Waals surface area (Å²) in [6, 6.07) is 8.74. The molecular weight excluding hydrogens is 236 g/mol. The molecule has 0 N–H and O–H groups in total. The molecule has 0 radical (unpaired) electrons. The van der Waals surface area contributed by atoms with Gasteiger partial charge < -0.3 is 9.80 Å². The van der Waals surface area contributed by atoms with Gasteiger partial charge in [0.2, 0.25) is 0 Å². The molecule has 0 aromatic heterocycles. The standard InChI is InChI=1S/C16H22N2O/c19-16(17-10-5-1-2-6-11-17)18-12-9-14-7-3-4-8-15(14)13-18/h3-4,7-8H,1-2,5-6,9-13H2. The molecule has 102 valence electrons. The van der Waals surface area contributed by atoms with Gasteiger partial charge in [0.15, 0.2) is 0 Å². The van der Waals surface area contributed by atoms with Gasteiger partial charge in [0.1, 0.15) is 0 Å². The predicted molar refractivity (Wildman–Crippen MR) is 76.0 cm³/mol. The van der Waals surface area contributed by atoms with Crippen molar-refractivity contribution in [2.45, 2.75) is 38.6 Å². The van der Waals surface area contributed by atoms with Gasteiger partial charge in [-0.1, -0.05) is 37.1 Å². The van der Waals surface area contributed by atoms with Crippen LogP contribution in [0.1, 0.15) is 36.8 Å². The second-order valence-electron chi connectivity index (χ2n) is 5.62. The van der Waals surface area contributed by atoms with Crippen LogP contribution in [0.25, 0.3) is 0 Å². The minimum absolute atomic E-state index is 0.247. The Bertz CT molecular complexity index is 450. The zero-order valence-corrected chi connectivity index (χ0v) is 11.5. The number of nitrogens with zero attached hydrogens (tertiary/aromatic N) is 2. The lowest BCUT2D eigenvalue weighted by atomic mass is 10.0. The summed E-state index contributed by atoms with van der Waals surface area (Å²) in [6.45, 7) is 3.53. The van der Waals surface area contributed by atoms with Gasteiger partial charge in [-0.05, 0) is 30.4 Å². The first-order chi connectivity index (χ1) is 9.34. The van der Waals surface area contributed by atoms with E-state index in [2.05, 4.69) is 29.2 Å². The molecule has 2 heterocycles. The highest BCUT2D eigenvalue weighted by atomic mass is 16.2. The zero-order chi connectivity index (χ0) is 13.1. The number of carbonyl (C=O) groups is 1. The fourth-order valence-corrected chi connectivity index (χ4v) is 3.12. The average molecular weight is 258 g/mol. The molecule has 0 unspecified atom stereocenters. The summed E-state index contributed by atoms with van der Waals surface area (Å²) >= 11 is 0. The van der Waals surface area contributed by atoms with Crippen molar-refractivity contribution in [3.05, 3.63) is 35.4 Å². The summed E-state index contributed by atoms with van der Waals surface area (Å²) in [5.74, 6) is 0. The normalized spacial score (nSPS) is 19.8. The van der Waals surface area contributed by atoms with Crippen LogP contribution < -0.4 is 0 Å². The number of hydrogen-bond donors (Lipinski definition) is 0. The van der Waals surface area contributed by atoms with Crippen molar-refractivity contribution in [2.75, 3.05) is 19.6 Å². The molecule has 2 amide bonds. The van der Waals surface area contributed by atoms with Crippen molar-refractivity contribution in [2.24, 2.45) is 0 Å². The van der Waals surface area contributed by atoms with Crippen LogP contribution in [0.3, 0.4) is 0 Å². The van der Waals surface area contributed by atoms with E-state index in [1.165, 1.54) is 24.0 Å². The molecule has 2 aliphatic heterocycles. The van der Waals surface area contributed by atoms with Gasteiger partial charge in [-0.25, -0.2) is 4.79 Å². The highest BCUT2D eigenvalue weighted by Gasteiger charge is 2.25. The first-order valence-corrected chi connectivity index (χ1v) is 7.45. The molecule has 1 saturated heterocycles. The van der Waals surface area contributed by atoms with E-state index in [1.54, 1.807) is 0 Å². The van der Waals surface area contributed by atoms with Gasteiger partial charge in [0.25, 0.3) is 0 Å². The first-order valence-electron chi connectivity index (χ1n) is 7.45. The van der Waals surface area contributed by atoms with Crippen LogP contribution in [0.4, 0.5) is 4.79 Å². The van der Waals surface area contributed by atoms with Crippen molar-refractivity contribution in [1.29, 1.82) is 0 Å². The van der Waals surface area contributed by atoms with Crippen LogP contribution in [0.5, 0.6) is 0 Å². The number of likely N-dealkylation sites (tertiary alicyclic amines) is 1. The largest absolute Gasteiger partial charge is 0.325 e. The topological polar surface area (TPSA) is 23.6 Å². The summed E-state index contributed by atoms with van der Waals surface area (Å²) in [5, 5.41) is 0. The van der Waals surface area contributed by atoms with Crippen molar-refractivity contribution >= 4 is 6.03 Å². The van der Waals surface area contributed by atoms with Gasteiger partial charge in [0.05, 0.1) is 0 Å². The van der Waals surface area contributed by atoms with E-state index < -0.39 is 0 Å². The summed E-state index contributed by atoms with van der Waals surface area (Å²) < 4.78 is 0. The maximum Gasteiger partial charge on any atom is 0.320 e. The molecule has 3 rings (SSSR count). The maximum absolute atomic E-state index is 12.6. The van der Waals surface area contributed by atoms with Gasteiger partial charge in [-0.2, -0.15) is 0 Å². The monoisotopic (exact) mass is 258 g/mol. The Kier molecular flexibility index (Phi) is 3.72. The third kappa shape index (κ3) is 2.75. The molecule has 19 heavy (non-hydrogen) atoms. The average Bonchev–Trinajstić information content (AvgIpc) is 2.75. The molecule has 0 bridgehead atoms. The molecule has 3 heteroatoms. The van der Waals surface area contributed by atoms with E-state index in [1.807, 2.05) is 4.90 Å². The second-order valence-corrected chi connectivity index (χ2v) is 5.62. The van der Waals surface area contributed by atoms with E-state index in [0.29, 0.717) is 0 Å². The molecule has 0 spiro atoms. The second kappa shape index (κ2) is 5.64. The van der Waals surface area contributed by atoms with E-state index in [4.69, 9.17) is 0 Å². The fraction of sp³-hybridized carbons (Fsp3) is 0.562. The number of urea groups is 1. The lowest BCUT2D eigenvalue weighted by molar-refractivity contribution is 0.149. The van der Waals surface area contributed by atoms with Gasteiger partial charge in [0, 0.05) is 26.2 Å². The highest BCUT2D eigenvalue weighted by Crippen LogP contribution is 2.20. The van der Waals surface area contributed by atoms with Crippen molar-refractivity contribution in [3.63, 3.8) is 0 Å². The highest BCUT2D eigenvalue weighted by molar-refractivity contribution is 5.74. The van der Waals surface area contributed by atoms with Gasteiger partial charge in [-0.3, -0.25) is 0 Å². The predicted octanol–water partition coefficient (Wildman–Crippen LogP) is 3.04. The van der Waals surface area contributed by atoms with E-state index in [9.17, 15) is 4.79 Å². The Morgan fingerprint density at radius 2 is 1.53 bits per heavy atom. The molecule has 0 aliphatic carbocycles. The van der Waals surface area contributed by atoms with Crippen LogP contribution in [0.2, 0.25) is 0 Å². The molecule has 1 aromatic carbocycles. The summed E-state index contributed by atoms with van der Waals surface area (Å²) in [4.78, 5) is 16.6. The van der Waals surface area contributed by atoms with Crippen LogP contribution in [-0.2, 0) is 13.0 Å². The summed E-state index contributed by atoms with van der Waals surface area (Å²) in [5.41, 5.74) is 2.72. The number of rotatable bonds is 0. The molecule has 0 saturated carbocycles. The molecule has 2 aliphatic rings. The quantitative estimate of drug-likeness (QED) is 0.701. The third-order valence-corrected chi connectivity index (χ3v) is 4.28. The number of hydrogen-bond acceptors (Lipinski definition) is 1. The summed E-state index contributed by atoms with van der Waals surface area (Å²) in [7, 11) is 0. The lowest BCUT2D eigenvalue weighted by Gasteiger charge is -2.33. The minimum Gasteiger partial charge on any atom is -0.325 e. The van der Waals surface area contributed by atoms with Gasteiger partial charge >= 0.3 is 6.03 Å². The summed E-state index contributed by atoms with van der Waals surface area (Å²) in [6.07, 6.45) is 5.86. The first kappa shape index (κ1) is 12.5. The maximum atomic E-state index is 12.6. The van der Waals surface area contributed by atoms with Crippen molar-refractivity contribution in [3.8, 4) is 0 Å². The Balaban J connectivity index is 1.68. The zero-order valence-electron chi connectivity index (χ0n) is 11.5. The number of benzene rings is 1. The number of amides is 2. The Labute approximate surface area is 115 Å². The third-order valence-electron chi connectivity index (χ3n) is 4.28. The van der Waals surface area contributed by atoms with E-state index in [-0.39, 0.29) is 6.03 Å².